The maximum atomic E-state index is 12.7. The normalized spacial score (nSPS) is 21.7. The molecule has 0 spiro atoms. The Kier molecular flexibility index (Phi) is 30.3. The van der Waals surface area contributed by atoms with Crippen molar-refractivity contribution in [1.29, 1.82) is 0 Å². The van der Waals surface area contributed by atoms with Crippen LogP contribution in [-0.2, 0) is 38.3 Å². The minimum atomic E-state index is -5.06. The van der Waals surface area contributed by atoms with E-state index in [2.05, 4.69) is 54.5 Å². The van der Waals surface area contributed by atoms with E-state index in [4.69, 9.17) is 23.5 Å². The second-order valence-electron chi connectivity index (χ2n) is 13.9. The fraction of sp³-hybridized carbons (Fsp3) is 0.825. The molecule has 0 bridgehead atoms. The van der Waals surface area contributed by atoms with Gasteiger partial charge in [-0.3, -0.25) is 9.35 Å². The van der Waals surface area contributed by atoms with Gasteiger partial charge in [0.2, 0.25) is 0 Å². The molecule has 1 fully saturated rings. The Morgan fingerprint density at radius 1 is 0.717 bits per heavy atom. The van der Waals surface area contributed by atoms with E-state index < -0.39 is 59.8 Å². The third-order valence-corrected chi connectivity index (χ3v) is 9.43. The summed E-state index contributed by atoms with van der Waals surface area (Å²) in [6.45, 7) is 3.84. The zero-order valence-electron chi connectivity index (χ0n) is 32.6. The smallest absolute Gasteiger partial charge is 0.397 e. The van der Waals surface area contributed by atoms with Crippen LogP contribution in [0, 0.1) is 0 Å². The minimum absolute atomic E-state index is 0.0252. The summed E-state index contributed by atoms with van der Waals surface area (Å²) in [5.74, 6) is -0.417. The van der Waals surface area contributed by atoms with Gasteiger partial charge in [-0.25, -0.2) is 4.18 Å². The van der Waals surface area contributed by atoms with Crippen molar-refractivity contribution in [2.75, 3.05) is 26.4 Å². The maximum Gasteiger partial charge on any atom is 0.397 e. The van der Waals surface area contributed by atoms with Gasteiger partial charge in [0.1, 0.15) is 30.5 Å². The summed E-state index contributed by atoms with van der Waals surface area (Å²) in [5.41, 5.74) is 0. The quantitative estimate of drug-likeness (QED) is 0.0220. The molecule has 0 aromatic carbocycles. The molecule has 13 heteroatoms. The first-order valence-corrected chi connectivity index (χ1v) is 21.6. The van der Waals surface area contributed by atoms with Crippen molar-refractivity contribution in [3.63, 3.8) is 0 Å². The number of aliphatic hydroxyl groups is 3. The van der Waals surface area contributed by atoms with E-state index in [-0.39, 0.29) is 19.6 Å². The highest BCUT2D eigenvalue weighted by atomic mass is 32.3. The van der Waals surface area contributed by atoms with Crippen LogP contribution in [0.2, 0.25) is 0 Å². The molecule has 1 saturated heterocycles. The molecule has 0 aliphatic carbocycles. The van der Waals surface area contributed by atoms with Gasteiger partial charge in [-0.1, -0.05) is 115 Å². The number of carbonyl (C=O) groups excluding carboxylic acids is 1. The van der Waals surface area contributed by atoms with Crippen LogP contribution in [-0.4, -0.2) is 97.5 Å². The summed E-state index contributed by atoms with van der Waals surface area (Å²) in [6.07, 6.45) is 26.2. The van der Waals surface area contributed by atoms with Crippen molar-refractivity contribution in [3.8, 4) is 0 Å². The van der Waals surface area contributed by atoms with Crippen LogP contribution in [0.15, 0.2) is 36.5 Å². The topological polar surface area (TPSA) is 178 Å². The maximum absolute atomic E-state index is 12.7. The molecule has 12 nitrogen and oxygen atoms in total. The number of carbonyl (C=O) groups is 1. The lowest BCUT2D eigenvalue weighted by atomic mass is 9.99. The summed E-state index contributed by atoms with van der Waals surface area (Å²) >= 11 is 0. The minimum Gasteiger partial charge on any atom is -0.457 e. The largest absolute Gasteiger partial charge is 0.457 e. The predicted octanol–water partition coefficient (Wildman–Crippen LogP) is 7.46. The highest BCUT2D eigenvalue weighted by Gasteiger charge is 2.48. The number of aliphatic hydroxyl groups excluding tert-OH is 3. The lowest BCUT2D eigenvalue weighted by Crippen LogP contribution is -2.60. The number of allylic oxidation sites excluding steroid dienone is 6. The molecule has 0 aromatic rings. The number of hydrogen-bond acceptors (Lipinski definition) is 11. The molecule has 0 aromatic heterocycles. The van der Waals surface area contributed by atoms with Gasteiger partial charge in [-0.15, -0.1) is 0 Å². The summed E-state index contributed by atoms with van der Waals surface area (Å²) < 4.78 is 58.8. The van der Waals surface area contributed by atoms with Gasteiger partial charge in [0.25, 0.3) is 0 Å². The Hall–Kier alpha value is -1.68. The fourth-order valence-electron chi connectivity index (χ4n) is 5.88. The van der Waals surface area contributed by atoms with Crippen LogP contribution in [0.3, 0.4) is 0 Å². The molecule has 6 atom stereocenters. The van der Waals surface area contributed by atoms with Crippen LogP contribution in [0.5, 0.6) is 0 Å². The van der Waals surface area contributed by atoms with Gasteiger partial charge < -0.3 is 34.3 Å². The molecule has 0 radical (unpaired) electrons. The van der Waals surface area contributed by atoms with Gasteiger partial charge in [0.05, 0.1) is 19.8 Å². The third kappa shape index (κ3) is 26.7. The molecule has 1 rings (SSSR count). The first kappa shape index (κ1) is 49.3. The number of ether oxygens (including phenoxy) is 4. The van der Waals surface area contributed by atoms with Crippen LogP contribution in [0.1, 0.15) is 149 Å². The summed E-state index contributed by atoms with van der Waals surface area (Å²) in [7, 11) is -5.06. The standard InChI is InChI=1S/C40H72O12S/c1-3-5-7-9-11-13-15-16-17-18-19-20-22-24-26-28-30-48-32-34(50-36(42)29-27-25-23-21-14-12-10-8-6-4-2)33-49-40-38(44)39(52-53(45,46)47)37(43)35(31-41)51-40/h8,10-11,13,16-17,34-35,37-41,43-44H,3-7,9,12,14-15,18-33H2,1-2H3,(H,45,46,47)/b10-8-,13-11-,17-16-. The van der Waals surface area contributed by atoms with Gasteiger partial charge >= 0.3 is 16.4 Å². The highest BCUT2D eigenvalue weighted by Crippen LogP contribution is 2.26. The third-order valence-electron chi connectivity index (χ3n) is 8.97. The number of rotatable bonds is 34. The van der Waals surface area contributed by atoms with Crippen LogP contribution >= 0.6 is 0 Å². The molecule has 310 valence electrons. The number of unbranched alkanes of at least 4 members (excludes halogenated alkanes) is 15. The number of esters is 1. The van der Waals surface area contributed by atoms with Crippen molar-refractivity contribution in [3.05, 3.63) is 36.5 Å². The Morgan fingerprint density at radius 2 is 1.28 bits per heavy atom. The van der Waals surface area contributed by atoms with Crippen molar-refractivity contribution in [2.45, 2.75) is 185 Å². The van der Waals surface area contributed by atoms with Crippen molar-refractivity contribution in [2.24, 2.45) is 0 Å². The van der Waals surface area contributed by atoms with E-state index in [1.165, 1.54) is 38.5 Å². The molecule has 1 aliphatic heterocycles. The van der Waals surface area contributed by atoms with Gasteiger partial charge in [0, 0.05) is 13.0 Å². The second-order valence-corrected chi connectivity index (χ2v) is 14.9. The Balaban J connectivity index is 2.48. The average molecular weight is 777 g/mol. The fourth-order valence-corrected chi connectivity index (χ4v) is 6.39. The predicted molar refractivity (Wildman–Crippen MR) is 207 cm³/mol. The Labute approximate surface area is 320 Å². The van der Waals surface area contributed by atoms with E-state index >= 15 is 0 Å². The summed E-state index contributed by atoms with van der Waals surface area (Å²) in [4.78, 5) is 12.7. The molecule has 53 heavy (non-hydrogen) atoms. The molecular formula is C40H72O12S. The van der Waals surface area contributed by atoms with E-state index in [1.807, 2.05) is 0 Å². The molecule has 4 N–H and O–H groups in total. The lowest BCUT2D eigenvalue weighted by molar-refractivity contribution is -0.301. The van der Waals surface area contributed by atoms with Gasteiger partial charge in [-0.05, 0) is 64.2 Å². The second kappa shape index (κ2) is 32.6. The molecular weight excluding hydrogens is 704 g/mol. The molecule has 1 aliphatic rings. The van der Waals surface area contributed by atoms with E-state index in [9.17, 15) is 28.5 Å². The first-order valence-electron chi connectivity index (χ1n) is 20.2. The molecule has 6 unspecified atom stereocenters. The Bertz CT molecular complexity index is 1080. The zero-order valence-corrected chi connectivity index (χ0v) is 33.4. The van der Waals surface area contributed by atoms with Crippen LogP contribution < -0.4 is 0 Å². The van der Waals surface area contributed by atoms with Gasteiger partial charge in [-0.2, -0.15) is 8.42 Å². The molecule has 0 saturated carbocycles. The highest BCUT2D eigenvalue weighted by molar-refractivity contribution is 7.80. The van der Waals surface area contributed by atoms with Crippen molar-refractivity contribution in [1.82, 2.24) is 0 Å². The average Bonchev–Trinajstić information content (AvgIpc) is 3.12. The van der Waals surface area contributed by atoms with Gasteiger partial charge in [0.15, 0.2) is 6.29 Å². The zero-order chi connectivity index (χ0) is 39.0. The monoisotopic (exact) mass is 776 g/mol. The van der Waals surface area contributed by atoms with Crippen molar-refractivity contribution >= 4 is 16.4 Å². The Morgan fingerprint density at radius 3 is 1.89 bits per heavy atom. The van der Waals surface area contributed by atoms with E-state index in [1.54, 1.807) is 0 Å². The summed E-state index contributed by atoms with van der Waals surface area (Å²) in [6, 6.07) is 0. The molecule has 0 amide bonds. The number of hydrogen-bond donors (Lipinski definition) is 4. The van der Waals surface area contributed by atoms with E-state index in [0.717, 1.165) is 83.5 Å². The molecule has 1 heterocycles. The summed E-state index contributed by atoms with van der Waals surface area (Å²) in [5, 5.41) is 30.5. The van der Waals surface area contributed by atoms with Crippen molar-refractivity contribution < 1.29 is 56.2 Å². The lowest BCUT2D eigenvalue weighted by Gasteiger charge is -2.41. The van der Waals surface area contributed by atoms with Crippen LogP contribution in [0.4, 0.5) is 0 Å². The van der Waals surface area contributed by atoms with E-state index in [0.29, 0.717) is 13.0 Å². The first-order chi connectivity index (χ1) is 25.6. The van der Waals surface area contributed by atoms with Crippen LogP contribution in [0.25, 0.3) is 0 Å². The SMILES string of the molecule is CCC/C=C\CCCCCCCC(=O)OC(COCCCCCCCC/C=C\C/C=C\CCCCC)COC1OC(CO)C(O)C(OS(=O)(=O)O)C1O.